The maximum absolute atomic E-state index is 12.4. The number of hydrogen-bond acceptors (Lipinski definition) is 6. The zero-order valence-electron chi connectivity index (χ0n) is 13.5. The topological polar surface area (TPSA) is 73.3 Å². The van der Waals surface area contributed by atoms with Crippen LogP contribution in [-0.4, -0.2) is 29.1 Å². The van der Waals surface area contributed by atoms with Gasteiger partial charge in [0.05, 0.1) is 20.8 Å². The normalized spacial score (nSPS) is 12.7. The number of fused-ring (bicyclic) bond motifs is 1. The van der Waals surface area contributed by atoms with Crippen LogP contribution in [-0.2, 0) is 0 Å². The van der Waals surface area contributed by atoms with Crippen molar-refractivity contribution in [1.82, 2.24) is 9.97 Å². The standard InChI is InChI=1S/C17H10Cl3N3O3S/c18-9-6-21-15(14(20)13(9)19)16(24)23-17-22-10(7-27-17)8-1-2-11-12(5-8)26-4-3-25-11/h1-2,5-7H,3-4H2,(H,22,23,24). The molecular formula is C17H10Cl3N3O3S. The number of hydrogen-bond donors (Lipinski definition) is 1. The van der Waals surface area contributed by atoms with Gasteiger partial charge in [-0.2, -0.15) is 0 Å². The number of pyridine rings is 1. The van der Waals surface area contributed by atoms with Crippen LogP contribution in [0.3, 0.4) is 0 Å². The lowest BCUT2D eigenvalue weighted by Gasteiger charge is -2.18. The number of amides is 1. The Morgan fingerprint density at radius 1 is 1.11 bits per heavy atom. The first-order chi connectivity index (χ1) is 13.0. The molecule has 1 amide bonds. The first-order valence-electron chi connectivity index (χ1n) is 7.69. The number of rotatable bonds is 3. The van der Waals surface area contributed by atoms with Crippen molar-refractivity contribution in [2.45, 2.75) is 0 Å². The number of aromatic nitrogens is 2. The van der Waals surface area contributed by atoms with Crippen LogP contribution >= 0.6 is 46.1 Å². The Labute approximate surface area is 173 Å². The van der Waals surface area contributed by atoms with Crippen molar-refractivity contribution in [3.05, 3.63) is 50.5 Å². The van der Waals surface area contributed by atoms with Crippen LogP contribution in [0.25, 0.3) is 11.3 Å². The average Bonchev–Trinajstić information content (AvgIpc) is 3.14. The lowest BCUT2D eigenvalue weighted by molar-refractivity contribution is 0.102. The number of nitrogens with one attached hydrogen (secondary N) is 1. The molecule has 0 spiro atoms. The highest BCUT2D eigenvalue weighted by Gasteiger charge is 2.19. The molecule has 3 aromatic rings. The lowest BCUT2D eigenvalue weighted by atomic mass is 10.1. The van der Waals surface area contributed by atoms with Gasteiger partial charge in [-0.1, -0.05) is 34.8 Å². The summed E-state index contributed by atoms with van der Waals surface area (Å²) < 4.78 is 11.1. The van der Waals surface area contributed by atoms with Gasteiger partial charge in [-0.15, -0.1) is 11.3 Å². The monoisotopic (exact) mass is 441 g/mol. The number of anilines is 1. The molecule has 27 heavy (non-hydrogen) atoms. The van der Waals surface area contributed by atoms with Crippen molar-refractivity contribution in [1.29, 1.82) is 0 Å². The van der Waals surface area contributed by atoms with Crippen molar-refractivity contribution in [3.8, 4) is 22.8 Å². The van der Waals surface area contributed by atoms with Gasteiger partial charge < -0.3 is 9.47 Å². The predicted molar refractivity (Wildman–Crippen MR) is 106 cm³/mol. The summed E-state index contributed by atoms with van der Waals surface area (Å²) >= 11 is 19.1. The summed E-state index contributed by atoms with van der Waals surface area (Å²) in [4.78, 5) is 20.8. The number of nitrogens with zero attached hydrogens (tertiary/aromatic N) is 2. The molecule has 0 aliphatic carbocycles. The van der Waals surface area contributed by atoms with Crippen LogP contribution in [0.1, 0.15) is 10.5 Å². The average molecular weight is 443 g/mol. The maximum Gasteiger partial charge on any atom is 0.277 e. The van der Waals surface area contributed by atoms with E-state index in [-0.39, 0.29) is 20.8 Å². The van der Waals surface area contributed by atoms with E-state index in [1.165, 1.54) is 17.5 Å². The van der Waals surface area contributed by atoms with E-state index < -0.39 is 5.91 Å². The molecule has 2 aromatic heterocycles. The van der Waals surface area contributed by atoms with Gasteiger partial charge in [0.1, 0.15) is 18.9 Å². The van der Waals surface area contributed by atoms with Crippen molar-refractivity contribution in [2.24, 2.45) is 0 Å². The summed E-state index contributed by atoms with van der Waals surface area (Å²) in [6, 6.07) is 5.57. The van der Waals surface area contributed by atoms with E-state index in [9.17, 15) is 4.79 Å². The van der Waals surface area contributed by atoms with Gasteiger partial charge in [-0.05, 0) is 18.2 Å². The Bertz CT molecular complexity index is 1040. The Balaban J connectivity index is 1.55. The third-order valence-electron chi connectivity index (χ3n) is 3.69. The zero-order chi connectivity index (χ0) is 19.0. The largest absolute Gasteiger partial charge is 0.486 e. The molecule has 10 heteroatoms. The van der Waals surface area contributed by atoms with Crippen LogP contribution in [0.5, 0.6) is 11.5 Å². The van der Waals surface area contributed by atoms with Gasteiger partial charge >= 0.3 is 0 Å². The van der Waals surface area contributed by atoms with E-state index in [0.29, 0.717) is 35.5 Å². The molecule has 6 nitrogen and oxygen atoms in total. The molecule has 0 radical (unpaired) electrons. The minimum atomic E-state index is -0.526. The Morgan fingerprint density at radius 2 is 1.89 bits per heavy atom. The summed E-state index contributed by atoms with van der Waals surface area (Å²) in [5, 5.41) is 5.13. The zero-order valence-corrected chi connectivity index (χ0v) is 16.5. The molecule has 0 unspecified atom stereocenters. The summed E-state index contributed by atoms with van der Waals surface area (Å²) in [5.74, 6) is 0.847. The first-order valence-corrected chi connectivity index (χ1v) is 9.70. The second-order valence-corrected chi connectivity index (χ2v) is 7.45. The SMILES string of the molecule is O=C(Nc1nc(-c2ccc3c(c2)OCCO3)cs1)c1ncc(Cl)c(Cl)c1Cl. The summed E-state index contributed by atoms with van der Waals surface area (Å²) in [6.45, 7) is 1.04. The van der Waals surface area contributed by atoms with Gasteiger partial charge in [-0.3, -0.25) is 10.1 Å². The van der Waals surface area contributed by atoms with E-state index in [4.69, 9.17) is 44.3 Å². The van der Waals surface area contributed by atoms with Gasteiger partial charge in [0.25, 0.3) is 5.91 Å². The molecule has 1 aromatic carbocycles. The van der Waals surface area contributed by atoms with Crippen LogP contribution in [0.15, 0.2) is 29.8 Å². The Hall–Kier alpha value is -2.06. The molecule has 0 atom stereocenters. The van der Waals surface area contributed by atoms with E-state index >= 15 is 0 Å². The minimum Gasteiger partial charge on any atom is -0.486 e. The molecule has 0 fully saturated rings. The highest BCUT2D eigenvalue weighted by molar-refractivity contribution is 7.14. The van der Waals surface area contributed by atoms with E-state index in [1.807, 2.05) is 23.6 Å². The van der Waals surface area contributed by atoms with E-state index in [1.54, 1.807) is 0 Å². The molecule has 3 heterocycles. The number of benzene rings is 1. The van der Waals surface area contributed by atoms with E-state index in [0.717, 1.165) is 5.56 Å². The third-order valence-corrected chi connectivity index (χ3v) is 5.69. The van der Waals surface area contributed by atoms with Gasteiger partial charge in [0.2, 0.25) is 0 Å². The molecule has 4 rings (SSSR count). The Morgan fingerprint density at radius 3 is 2.70 bits per heavy atom. The van der Waals surface area contributed by atoms with Crippen LogP contribution in [0, 0.1) is 0 Å². The van der Waals surface area contributed by atoms with Crippen molar-refractivity contribution in [2.75, 3.05) is 18.5 Å². The molecule has 1 aliphatic heterocycles. The molecule has 0 saturated heterocycles. The molecular weight excluding hydrogens is 433 g/mol. The molecule has 0 saturated carbocycles. The Kier molecular flexibility index (Phi) is 5.10. The highest BCUT2D eigenvalue weighted by Crippen LogP contribution is 2.36. The number of carbonyl (C=O) groups is 1. The van der Waals surface area contributed by atoms with Crippen molar-refractivity contribution >= 4 is 57.2 Å². The quantitative estimate of drug-likeness (QED) is 0.604. The summed E-state index contributed by atoms with van der Waals surface area (Å²) in [7, 11) is 0. The van der Waals surface area contributed by atoms with Crippen LogP contribution in [0.4, 0.5) is 5.13 Å². The molecule has 1 aliphatic rings. The number of carbonyl (C=O) groups excluding carboxylic acids is 1. The van der Waals surface area contributed by atoms with Gasteiger partial charge in [0.15, 0.2) is 16.6 Å². The van der Waals surface area contributed by atoms with Gasteiger partial charge in [0, 0.05) is 17.1 Å². The molecule has 0 bridgehead atoms. The fraction of sp³-hybridized carbons (Fsp3) is 0.118. The molecule has 138 valence electrons. The number of thiazole rings is 1. The smallest absolute Gasteiger partial charge is 0.277 e. The highest BCUT2D eigenvalue weighted by atomic mass is 35.5. The van der Waals surface area contributed by atoms with Crippen LogP contribution < -0.4 is 14.8 Å². The van der Waals surface area contributed by atoms with E-state index in [2.05, 4.69) is 15.3 Å². The molecule has 1 N–H and O–H groups in total. The van der Waals surface area contributed by atoms with Crippen molar-refractivity contribution < 1.29 is 14.3 Å². The lowest BCUT2D eigenvalue weighted by Crippen LogP contribution is -2.15. The number of ether oxygens (including phenoxy) is 2. The second-order valence-electron chi connectivity index (χ2n) is 5.43. The summed E-state index contributed by atoms with van der Waals surface area (Å²) in [6.07, 6.45) is 1.27. The fourth-order valence-corrected chi connectivity index (χ4v) is 3.71. The number of halogens is 3. The second kappa shape index (κ2) is 7.52. The maximum atomic E-state index is 12.4. The predicted octanol–water partition coefficient (Wildman–Crippen LogP) is 5.19. The van der Waals surface area contributed by atoms with Gasteiger partial charge in [-0.25, -0.2) is 9.97 Å². The van der Waals surface area contributed by atoms with Crippen molar-refractivity contribution in [3.63, 3.8) is 0 Å². The van der Waals surface area contributed by atoms with Crippen LogP contribution in [0.2, 0.25) is 15.1 Å². The third kappa shape index (κ3) is 3.68. The first kappa shape index (κ1) is 18.3. The minimum absolute atomic E-state index is 0.00900. The summed E-state index contributed by atoms with van der Waals surface area (Å²) in [5.41, 5.74) is 1.52. The fourth-order valence-electron chi connectivity index (χ4n) is 2.42.